The Labute approximate surface area is 103 Å². The minimum Gasteiger partial charge on any atom is -0.394 e. The molecule has 0 aromatic heterocycles. The molecule has 1 heterocycles. The third kappa shape index (κ3) is 5.02. The number of amides is 1. The Balaban J connectivity index is 2.11. The molecule has 0 aromatic carbocycles. The summed E-state index contributed by atoms with van der Waals surface area (Å²) in [5, 5.41) is 14.7. The SMILES string of the molecule is CC1(C(=O)NCCCOCCO)CCCNC1. The van der Waals surface area contributed by atoms with Gasteiger partial charge in [0.1, 0.15) is 0 Å². The van der Waals surface area contributed by atoms with Crippen LogP contribution in [-0.2, 0) is 9.53 Å². The largest absolute Gasteiger partial charge is 0.394 e. The number of aliphatic hydroxyl groups is 1. The van der Waals surface area contributed by atoms with Crippen LogP contribution in [0.15, 0.2) is 0 Å². The lowest BCUT2D eigenvalue weighted by Crippen LogP contribution is -2.48. The first-order valence-electron chi connectivity index (χ1n) is 6.37. The monoisotopic (exact) mass is 244 g/mol. The second-order valence-corrected chi connectivity index (χ2v) is 4.79. The van der Waals surface area contributed by atoms with E-state index in [1.54, 1.807) is 0 Å². The Morgan fingerprint density at radius 2 is 2.35 bits per heavy atom. The fourth-order valence-electron chi connectivity index (χ4n) is 2.01. The molecule has 17 heavy (non-hydrogen) atoms. The van der Waals surface area contributed by atoms with E-state index in [1.807, 2.05) is 6.92 Å². The zero-order chi connectivity index (χ0) is 12.6. The zero-order valence-electron chi connectivity index (χ0n) is 10.6. The van der Waals surface area contributed by atoms with Crippen molar-refractivity contribution < 1.29 is 14.6 Å². The van der Waals surface area contributed by atoms with Crippen molar-refractivity contribution in [2.24, 2.45) is 5.41 Å². The molecule has 1 atom stereocenters. The van der Waals surface area contributed by atoms with E-state index in [9.17, 15) is 4.79 Å². The Kier molecular flexibility index (Phi) is 6.47. The lowest BCUT2D eigenvalue weighted by molar-refractivity contribution is -0.131. The van der Waals surface area contributed by atoms with E-state index in [0.29, 0.717) is 19.8 Å². The van der Waals surface area contributed by atoms with Crippen LogP contribution < -0.4 is 10.6 Å². The Morgan fingerprint density at radius 3 is 3.00 bits per heavy atom. The fraction of sp³-hybridized carbons (Fsp3) is 0.917. The molecule has 5 nitrogen and oxygen atoms in total. The van der Waals surface area contributed by atoms with Crippen molar-refractivity contribution in [1.82, 2.24) is 10.6 Å². The number of ether oxygens (including phenoxy) is 1. The summed E-state index contributed by atoms with van der Waals surface area (Å²) >= 11 is 0. The number of carbonyl (C=O) groups is 1. The summed E-state index contributed by atoms with van der Waals surface area (Å²) < 4.78 is 5.12. The van der Waals surface area contributed by atoms with E-state index in [2.05, 4.69) is 10.6 Å². The molecule has 1 saturated heterocycles. The maximum absolute atomic E-state index is 12.0. The molecule has 0 aliphatic carbocycles. The molecule has 1 amide bonds. The van der Waals surface area contributed by atoms with Gasteiger partial charge in [-0.25, -0.2) is 0 Å². The summed E-state index contributed by atoms with van der Waals surface area (Å²) in [6.07, 6.45) is 2.80. The number of hydrogen-bond acceptors (Lipinski definition) is 4. The van der Waals surface area contributed by atoms with Crippen LogP contribution in [-0.4, -0.2) is 50.5 Å². The van der Waals surface area contributed by atoms with Gasteiger partial charge in [0.05, 0.1) is 18.6 Å². The van der Waals surface area contributed by atoms with Crippen LogP contribution in [0.5, 0.6) is 0 Å². The molecule has 0 spiro atoms. The second kappa shape index (κ2) is 7.63. The van der Waals surface area contributed by atoms with Gasteiger partial charge in [-0.3, -0.25) is 4.79 Å². The maximum atomic E-state index is 12.0. The zero-order valence-corrected chi connectivity index (χ0v) is 10.6. The van der Waals surface area contributed by atoms with Crippen molar-refractivity contribution in [3.8, 4) is 0 Å². The van der Waals surface area contributed by atoms with Gasteiger partial charge < -0.3 is 20.5 Å². The molecule has 0 aromatic rings. The summed E-state index contributed by atoms with van der Waals surface area (Å²) in [6.45, 7) is 5.43. The van der Waals surface area contributed by atoms with Gasteiger partial charge in [-0.15, -0.1) is 0 Å². The molecule has 1 fully saturated rings. The van der Waals surface area contributed by atoms with Gasteiger partial charge in [0, 0.05) is 19.7 Å². The highest BCUT2D eigenvalue weighted by Gasteiger charge is 2.34. The molecule has 1 unspecified atom stereocenters. The number of nitrogens with one attached hydrogen (secondary N) is 2. The second-order valence-electron chi connectivity index (χ2n) is 4.79. The summed E-state index contributed by atoms with van der Waals surface area (Å²) in [5.74, 6) is 0.131. The minimum atomic E-state index is -0.260. The molecule has 1 aliphatic rings. The van der Waals surface area contributed by atoms with Crippen LogP contribution in [0.2, 0.25) is 0 Å². The first-order chi connectivity index (χ1) is 8.19. The molecule has 3 N–H and O–H groups in total. The lowest BCUT2D eigenvalue weighted by atomic mass is 9.82. The highest BCUT2D eigenvalue weighted by atomic mass is 16.5. The van der Waals surface area contributed by atoms with Crippen LogP contribution in [0, 0.1) is 5.41 Å². The minimum absolute atomic E-state index is 0.0517. The van der Waals surface area contributed by atoms with Crippen LogP contribution in [0.4, 0.5) is 0 Å². The highest BCUT2D eigenvalue weighted by Crippen LogP contribution is 2.25. The lowest BCUT2D eigenvalue weighted by Gasteiger charge is -2.32. The summed E-state index contributed by atoms with van der Waals surface area (Å²) in [5.41, 5.74) is -0.260. The third-order valence-corrected chi connectivity index (χ3v) is 3.13. The van der Waals surface area contributed by atoms with Crippen LogP contribution in [0.25, 0.3) is 0 Å². The van der Waals surface area contributed by atoms with Gasteiger partial charge in [-0.1, -0.05) is 0 Å². The summed E-state index contributed by atoms with van der Waals surface area (Å²) in [4.78, 5) is 12.0. The van der Waals surface area contributed by atoms with Crippen molar-refractivity contribution in [1.29, 1.82) is 0 Å². The molecule has 1 rings (SSSR count). The number of aliphatic hydroxyl groups excluding tert-OH is 1. The summed E-state index contributed by atoms with van der Waals surface area (Å²) in [6, 6.07) is 0. The van der Waals surface area contributed by atoms with Gasteiger partial charge >= 0.3 is 0 Å². The molecule has 1 aliphatic heterocycles. The molecule has 0 bridgehead atoms. The Hall–Kier alpha value is -0.650. The highest BCUT2D eigenvalue weighted by molar-refractivity contribution is 5.82. The van der Waals surface area contributed by atoms with Crippen molar-refractivity contribution in [3.05, 3.63) is 0 Å². The molecule has 0 radical (unpaired) electrons. The van der Waals surface area contributed by atoms with Crippen molar-refractivity contribution in [2.45, 2.75) is 26.2 Å². The molecular formula is C12H24N2O3. The number of piperidine rings is 1. The number of hydrogen-bond donors (Lipinski definition) is 3. The molecule has 100 valence electrons. The van der Waals surface area contributed by atoms with Crippen molar-refractivity contribution in [3.63, 3.8) is 0 Å². The van der Waals surface area contributed by atoms with Crippen molar-refractivity contribution in [2.75, 3.05) is 39.5 Å². The standard InChI is InChI=1S/C12H24N2O3/c1-12(4-2-5-13-10-12)11(16)14-6-3-8-17-9-7-15/h13,15H,2-10H2,1H3,(H,14,16). The van der Waals surface area contributed by atoms with Gasteiger partial charge in [0.2, 0.25) is 5.91 Å². The maximum Gasteiger partial charge on any atom is 0.227 e. The molecule has 5 heteroatoms. The fourth-order valence-corrected chi connectivity index (χ4v) is 2.01. The number of rotatable bonds is 7. The van der Waals surface area contributed by atoms with Crippen LogP contribution in [0.1, 0.15) is 26.2 Å². The van der Waals surface area contributed by atoms with E-state index >= 15 is 0 Å². The van der Waals surface area contributed by atoms with Gasteiger partial charge in [0.25, 0.3) is 0 Å². The Morgan fingerprint density at radius 1 is 1.53 bits per heavy atom. The Bertz CT molecular complexity index is 228. The average Bonchev–Trinajstić information content (AvgIpc) is 2.34. The first-order valence-corrected chi connectivity index (χ1v) is 6.37. The van der Waals surface area contributed by atoms with E-state index in [1.165, 1.54) is 0 Å². The van der Waals surface area contributed by atoms with Crippen LogP contribution >= 0.6 is 0 Å². The van der Waals surface area contributed by atoms with E-state index < -0.39 is 0 Å². The van der Waals surface area contributed by atoms with Gasteiger partial charge in [0.15, 0.2) is 0 Å². The summed E-state index contributed by atoms with van der Waals surface area (Å²) in [7, 11) is 0. The van der Waals surface area contributed by atoms with E-state index in [-0.39, 0.29) is 17.9 Å². The molecular weight excluding hydrogens is 220 g/mol. The first kappa shape index (κ1) is 14.4. The van der Waals surface area contributed by atoms with Crippen molar-refractivity contribution >= 4 is 5.91 Å². The normalized spacial score (nSPS) is 24.6. The van der Waals surface area contributed by atoms with E-state index in [4.69, 9.17) is 9.84 Å². The topological polar surface area (TPSA) is 70.6 Å². The quantitative estimate of drug-likeness (QED) is 0.547. The van der Waals surface area contributed by atoms with E-state index in [0.717, 1.165) is 32.4 Å². The number of carbonyl (C=O) groups excluding carboxylic acids is 1. The average molecular weight is 244 g/mol. The molecule has 0 saturated carbocycles. The van der Waals surface area contributed by atoms with Gasteiger partial charge in [-0.05, 0) is 32.7 Å². The third-order valence-electron chi connectivity index (χ3n) is 3.13. The predicted octanol–water partition coefficient (Wildman–Crippen LogP) is -0.109. The predicted molar refractivity (Wildman–Crippen MR) is 65.7 cm³/mol. The van der Waals surface area contributed by atoms with Gasteiger partial charge in [-0.2, -0.15) is 0 Å². The smallest absolute Gasteiger partial charge is 0.227 e. The van der Waals surface area contributed by atoms with Crippen LogP contribution in [0.3, 0.4) is 0 Å².